The van der Waals surface area contributed by atoms with Gasteiger partial charge in [0.2, 0.25) is 5.91 Å². The molecule has 0 aliphatic carbocycles. The van der Waals surface area contributed by atoms with Crippen molar-refractivity contribution in [1.29, 1.82) is 0 Å². The third kappa shape index (κ3) is 4.66. The predicted octanol–water partition coefficient (Wildman–Crippen LogP) is 3.03. The predicted molar refractivity (Wildman–Crippen MR) is 136 cm³/mol. The van der Waals surface area contributed by atoms with Crippen molar-refractivity contribution in [2.24, 2.45) is 0 Å². The number of morpholine rings is 1. The first-order valence-electron chi connectivity index (χ1n) is 12.3. The minimum Gasteiger partial charge on any atom is -0.383 e. The lowest BCUT2D eigenvalue weighted by Crippen LogP contribution is -2.46. The van der Waals surface area contributed by atoms with Crippen LogP contribution in [0.3, 0.4) is 0 Å². The summed E-state index contributed by atoms with van der Waals surface area (Å²) in [4.78, 5) is 25.3. The van der Waals surface area contributed by atoms with Gasteiger partial charge < -0.3 is 15.4 Å². The lowest BCUT2D eigenvalue weighted by atomic mass is 10.1. The normalized spacial score (nSPS) is 23.5. The molecule has 3 atom stereocenters. The lowest BCUT2D eigenvalue weighted by Gasteiger charge is -2.36. The highest BCUT2D eigenvalue weighted by molar-refractivity contribution is 5.98. The number of hydrogen-bond acceptors (Lipinski definition) is 7. The van der Waals surface area contributed by atoms with Crippen molar-refractivity contribution < 1.29 is 9.53 Å². The largest absolute Gasteiger partial charge is 0.383 e. The summed E-state index contributed by atoms with van der Waals surface area (Å²) in [6, 6.07) is 8.90. The number of fused-ring (bicyclic) bond motifs is 1. The van der Waals surface area contributed by atoms with Gasteiger partial charge >= 0.3 is 0 Å². The molecule has 9 heteroatoms. The quantitative estimate of drug-likeness (QED) is 0.566. The van der Waals surface area contributed by atoms with E-state index < -0.39 is 0 Å². The van der Waals surface area contributed by atoms with E-state index in [1.54, 1.807) is 0 Å². The van der Waals surface area contributed by atoms with Gasteiger partial charge in [-0.1, -0.05) is 30.8 Å². The molecule has 184 valence electrons. The van der Waals surface area contributed by atoms with E-state index in [2.05, 4.69) is 59.6 Å². The van der Waals surface area contributed by atoms with E-state index in [4.69, 9.17) is 15.6 Å². The number of piperidine rings is 1. The van der Waals surface area contributed by atoms with Crippen molar-refractivity contribution in [1.82, 2.24) is 29.5 Å². The number of nitrogens with zero attached hydrogens (tertiary/aromatic N) is 6. The van der Waals surface area contributed by atoms with Crippen molar-refractivity contribution in [2.45, 2.75) is 51.4 Å². The Bertz CT molecular complexity index is 1220. The molecular weight excluding hydrogens is 442 g/mol. The van der Waals surface area contributed by atoms with Crippen LogP contribution in [-0.4, -0.2) is 73.8 Å². The summed E-state index contributed by atoms with van der Waals surface area (Å²) in [5.74, 6) is 0.353. The van der Waals surface area contributed by atoms with Crippen LogP contribution in [0.1, 0.15) is 38.3 Å². The molecule has 2 saturated heterocycles. The second-order valence-corrected chi connectivity index (χ2v) is 9.65. The van der Waals surface area contributed by atoms with Crippen LogP contribution in [0, 0.1) is 0 Å². The zero-order valence-electron chi connectivity index (χ0n) is 20.4. The van der Waals surface area contributed by atoms with Gasteiger partial charge in [-0.15, -0.1) is 0 Å². The summed E-state index contributed by atoms with van der Waals surface area (Å²) >= 11 is 0. The molecular formula is C26H33N7O2. The van der Waals surface area contributed by atoms with E-state index in [1.165, 1.54) is 18.0 Å². The zero-order chi connectivity index (χ0) is 24.5. The Balaban J connectivity index is 1.45. The van der Waals surface area contributed by atoms with Gasteiger partial charge in [0.1, 0.15) is 17.8 Å². The Morgan fingerprint density at radius 3 is 2.80 bits per heavy atom. The number of likely N-dealkylation sites (tertiary alicyclic amines) is 1. The maximum Gasteiger partial charge on any atom is 0.246 e. The van der Waals surface area contributed by atoms with Crippen LogP contribution in [0.2, 0.25) is 0 Å². The standard InChI is InChI=1S/C26H33N7O2/c1-4-22(34)31-11-5-6-21(14-31)33-26-23(25(27)28-16-29-26)24(30-33)20-9-7-19(8-10-20)13-32-12-18(3)35-15-17(32)2/h4,7-10,16-18,21H,1,5-6,11-15H2,2-3H3,(H2,27,28,29). The molecule has 0 spiro atoms. The molecule has 9 nitrogen and oxygen atoms in total. The number of rotatable bonds is 5. The highest BCUT2D eigenvalue weighted by atomic mass is 16.5. The molecule has 2 aliphatic heterocycles. The molecule has 1 amide bonds. The average molecular weight is 476 g/mol. The fraction of sp³-hybridized carbons (Fsp3) is 0.462. The smallest absolute Gasteiger partial charge is 0.246 e. The first-order chi connectivity index (χ1) is 16.9. The van der Waals surface area contributed by atoms with E-state index in [9.17, 15) is 4.79 Å². The van der Waals surface area contributed by atoms with E-state index in [0.29, 0.717) is 24.1 Å². The fourth-order valence-electron chi connectivity index (χ4n) is 5.13. The summed E-state index contributed by atoms with van der Waals surface area (Å²) < 4.78 is 7.69. The van der Waals surface area contributed by atoms with E-state index in [1.807, 2.05) is 9.58 Å². The monoisotopic (exact) mass is 475 g/mol. The van der Waals surface area contributed by atoms with Crippen LogP contribution in [0.5, 0.6) is 0 Å². The molecule has 4 heterocycles. The number of ether oxygens (including phenoxy) is 1. The van der Waals surface area contributed by atoms with Gasteiger partial charge in [0.15, 0.2) is 5.65 Å². The van der Waals surface area contributed by atoms with Crippen LogP contribution < -0.4 is 5.73 Å². The Hall–Kier alpha value is -3.30. The van der Waals surface area contributed by atoms with Crippen LogP contribution in [0.15, 0.2) is 43.2 Å². The second-order valence-electron chi connectivity index (χ2n) is 9.65. The van der Waals surface area contributed by atoms with Gasteiger partial charge in [0, 0.05) is 37.8 Å². The summed E-state index contributed by atoms with van der Waals surface area (Å²) in [6.45, 7) is 11.8. The van der Waals surface area contributed by atoms with E-state index in [0.717, 1.165) is 55.7 Å². The van der Waals surface area contributed by atoms with Gasteiger partial charge in [0.05, 0.1) is 24.1 Å². The number of amides is 1. The van der Waals surface area contributed by atoms with Gasteiger partial charge in [-0.25, -0.2) is 14.6 Å². The molecule has 0 saturated carbocycles. The van der Waals surface area contributed by atoms with Crippen molar-refractivity contribution in [3.63, 3.8) is 0 Å². The highest BCUT2D eigenvalue weighted by Gasteiger charge is 2.28. The van der Waals surface area contributed by atoms with Gasteiger partial charge in [-0.3, -0.25) is 9.69 Å². The molecule has 0 radical (unpaired) electrons. The Kier molecular flexibility index (Phi) is 6.53. The van der Waals surface area contributed by atoms with Crippen LogP contribution in [0.25, 0.3) is 22.3 Å². The molecule has 35 heavy (non-hydrogen) atoms. The topological polar surface area (TPSA) is 102 Å². The molecule has 1 aromatic carbocycles. The van der Waals surface area contributed by atoms with Crippen molar-refractivity contribution in [3.05, 3.63) is 48.8 Å². The summed E-state index contributed by atoms with van der Waals surface area (Å²) in [7, 11) is 0. The van der Waals surface area contributed by atoms with E-state index in [-0.39, 0.29) is 18.1 Å². The van der Waals surface area contributed by atoms with Crippen molar-refractivity contribution >= 4 is 22.8 Å². The van der Waals surface area contributed by atoms with Crippen LogP contribution in [-0.2, 0) is 16.1 Å². The van der Waals surface area contributed by atoms with Crippen LogP contribution in [0.4, 0.5) is 5.82 Å². The number of carbonyl (C=O) groups is 1. The minimum absolute atomic E-state index is 0.0160. The van der Waals surface area contributed by atoms with Gasteiger partial charge in [-0.2, -0.15) is 5.10 Å². The van der Waals surface area contributed by atoms with Crippen molar-refractivity contribution in [2.75, 3.05) is 32.0 Å². The summed E-state index contributed by atoms with van der Waals surface area (Å²) in [5.41, 5.74) is 10.00. The number of nitrogens with two attached hydrogens (primary N) is 1. The fourth-order valence-corrected chi connectivity index (χ4v) is 5.13. The number of anilines is 1. The maximum absolute atomic E-state index is 12.2. The number of aromatic nitrogens is 4. The minimum atomic E-state index is -0.0555. The highest BCUT2D eigenvalue weighted by Crippen LogP contribution is 2.34. The average Bonchev–Trinajstić information content (AvgIpc) is 3.27. The zero-order valence-corrected chi connectivity index (χ0v) is 20.4. The summed E-state index contributed by atoms with van der Waals surface area (Å²) in [5, 5.41) is 5.73. The Morgan fingerprint density at radius 2 is 2.03 bits per heavy atom. The first kappa shape index (κ1) is 23.4. The second kappa shape index (κ2) is 9.75. The SMILES string of the molecule is C=CC(=O)N1CCCC(n2nc(-c3ccc(CN4CC(C)OCC4C)cc3)c3c(N)ncnc32)C1. The molecule has 2 N–H and O–H groups in total. The third-order valence-electron chi connectivity index (χ3n) is 7.10. The number of nitrogen functional groups attached to an aromatic ring is 1. The summed E-state index contributed by atoms with van der Waals surface area (Å²) in [6.07, 6.45) is 4.91. The lowest BCUT2D eigenvalue weighted by molar-refractivity contribution is -0.127. The first-order valence-corrected chi connectivity index (χ1v) is 12.3. The molecule has 2 aliphatic rings. The number of hydrogen-bond donors (Lipinski definition) is 1. The molecule has 0 bridgehead atoms. The van der Waals surface area contributed by atoms with Gasteiger partial charge in [-0.05, 0) is 38.3 Å². The Labute approximate surface area is 205 Å². The van der Waals surface area contributed by atoms with Crippen LogP contribution >= 0.6 is 0 Å². The van der Waals surface area contributed by atoms with Gasteiger partial charge in [0.25, 0.3) is 0 Å². The molecule has 3 unspecified atom stereocenters. The third-order valence-corrected chi connectivity index (χ3v) is 7.10. The maximum atomic E-state index is 12.2. The molecule has 3 aromatic rings. The van der Waals surface area contributed by atoms with E-state index >= 15 is 0 Å². The Morgan fingerprint density at radius 1 is 1.23 bits per heavy atom. The number of carbonyl (C=O) groups excluding carboxylic acids is 1. The molecule has 2 aromatic heterocycles. The number of benzene rings is 1. The molecule has 2 fully saturated rings. The van der Waals surface area contributed by atoms with Crippen molar-refractivity contribution in [3.8, 4) is 11.3 Å². The molecule has 5 rings (SSSR count).